The molecule has 0 radical (unpaired) electrons. The third kappa shape index (κ3) is 5.59. The number of halogens is 4. The van der Waals surface area contributed by atoms with E-state index in [2.05, 4.69) is 15.9 Å². The maximum Gasteiger partial charge on any atom is 0.446 e. The molecule has 3 nitrogen and oxygen atoms in total. The molecule has 0 spiro atoms. The molecular weight excluding hydrogens is 371 g/mol. The van der Waals surface area contributed by atoms with Crippen LogP contribution in [0.5, 0.6) is 0 Å². The number of carbonyl (C=O) groups excluding carboxylic acids is 1. The SMILES string of the molecule is CCOC(=O)Cc1cc(C#N)c(SC(F)(F)F)c(CBr)c1. The Morgan fingerprint density at radius 2 is 2.14 bits per heavy atom. The van der Waals surface area contributed by atoms with Crippen LogP contribution in [-0.4, -0.2) is 18.1 Å². The van der Waals surface area contributed by atoms with Gasteiger partial charge in [-0.15, -0.1) is 0 Å². The number of benzene rings is 1. The van der Waals surface area contributed by atoms with Gasteiger partial charge in [-0.1, -0.05) is 22.0 Å². The Bertz CT molecular complexity index is 570. The van der Waals surface area contributed by atoms with Crippen molar-refractivity contribution in [2.75, 3.05) is 6.61 Å². The first-order chi connectivity index (χ1) is 9.80. The van der Waals surface area contributed by atoms with Gasteiger partial charge in [-0.25, -0.2) is 0 Å². The van der Waals surface area contributed by atoms with E-state index in [-0.39, 0.29) is 40.6 Å². The Morgan fingerprint density at radius 1 is 1.48 bits per heavy atom. The second kappa shape index (κ2) is 7.71. The highest BCUT2D eigenvalue weighted by Crippen LogP contribution is 2.41. The van der Waals surface area contributed by atoms with Crippen LogP contribution in [0.3, 0.4) is 0 Å². The third-order valence-corrected chi connectivity index (χ3v) is 3.88. The van der Waals surface area contributed by atoms with E-state index in [0.717, 1.165) is 0 Å². The molecule has 0 N–H and O–H groups in total. The van der Waals surface area contributed by atoms with Crippen molar-refractivity contribution < 1.29 is 22.7 Å². The lowest BCUT2D eigenvalue weighted by Gasteiger charge is -2.13. The Balaban J connectivity index is 3.18. The number of hydrogen-bond donors (Lipinski definition) is 0. The van der Waals surface area contributed by atoms with Gasteiger partial charge in [0.05, 0.1) is 18.6 Å². The summed E-state index contributed by atoms with van der Waals surface area (Å²) >= 11 is 2.78. The number of carbonyl (C=O) groups is 1. The van der Waals surface area contributed by atoms with Gasteiger partial charge in [0.15, 0.2) is 0 Å². The molecule has 0 atom stereocenters. The fourth-order valence-electron chi connectivity index (χ4n) is 1.65. The minimum atomic E-state index is -4.48. The van der Waals surface area contributed by atoms with Crippen LogP contribution in [0.4, 0.5) is 13.2 Å². The Hall–Kier alpha value is -1.20. The van der Waals surface area contributed by atoms with Crippen LogP contribution in [0.15, 0.2) is 17.0 Å². The van der Waals surface area contributed by atoms with Gasteiger partial charge in [-0.05, 0) is 35.9 Å². The molecule has 0 aliphatic carbocycles. The summed E-state index contributed by atoms with van der Waals surface area (Å²) in [5.74, 6) is -0.488. The van der Waals surface area contributed by atoms with Crippen LogP contribution in [0, 0.1) is 11.3 Å². The molecule has 0 heterocycles. The van der Waals surface area contributed by atoms with E-state index in [1.54, 1.807) is 13.0 Å². The average Bonchev–Trinajstić information content (AvgIpc) is 2.38. The van der Waals surface area contributed by atoms with Gasteiger partial charge in [0.2, 0.25) is 0 Å². The molecule has 21 heavy (non-hydrogen) atoms. The first-order valence-electron chi connectivity index (χ1n) is 5.84. The van der Waals surface area contributed by atoms with Crippen molar-refractivity contribution >= 4 is 33.7 Å². The lowest BCUT2D eigenvalue weighted by molar-refractivity contribution is -0.142. The van der Waals surface area contributed by atoms with Gasteiger partial charge < -0.3 is 4.74 Å². The minimum absolute atomic E-state index is 0.0838. The van der Waals surface area contributed by atoms with Gasteiger partial charge in [0, 0.05) is 10.2 Å². The molecule has 0 aliphatic heterocycles. The summed E-state index contributed by atoms with van der Waals surface area (Å²) in [5, 5.41) is 9.18. The van der Waals surface area contributed by atoms with E-state index < -0.39 is 11.5 Å². The third-order valence-electron chi connectivity index (χ3n) is 2.36. The summed E-state index contributed by atoms with van der Waals surface area (Å²) in [6.07, 6.45) is -0.0838. The molecular formula is C13H11BrF3NO2S. The zero-order valence-electron chi connectivity index (χ0n) is 11.0. The number of rotatable bonds is 5. The summed E-state index contributed by atoms with van der Waals surface area (Å²) < 4.78 is 42.4. The molecule has 1 rings (SSSR count). The second-order valence-corrected chi connectivity index (χ2v) is 5.54. The number of alkyl halides is 4. The van der Waals surface area contributed by atoms with Crippen LogP contribution < -0.4 is 0 Å². The van der Waals surface area contributed by atoms with Crippen molar-refractivity contribution in [3.8, 4) is 6.07 Å². The summed E-state index contributed by atoms with van der Waals surface area (Å²) in [4.78, 5) is 11.3. The summed E-state index contributed by atoms with van der Waals surface area (Å²) in [6.45, 7) is 1.88. The second-order valence-electron chi connectivity index (χ2n) is 3.91. The van der Waals surface area contributed by atoms with Crippen LogP contribution >= 0.6 is 27.7 Å². The molecule has 1 aromatic carbocycles. The number of nitrogens with zero attached hydrogens (tertiary/aromatic N) is 1. The molecule has 0 aliphatic rings. The van der Waals surface area contributed by atoms with Crippen LogP contribution in [0.1, 0.15) is 23.6 Å². The van der Waals surface area contributed by atoms with E-state index in [1.165, 1.54) is 12.1 Å². The molecule has 0 fully saturated rings. The van der Waals surface area contributed by atoms with Gasteiger partial charge >= 0.3 is 11.5 Å². The van der Waals surface area contributed by atoms with Crippen molar-refractivity contribution in [3.05, 3.63) is 28.8 Å². The van der Waals surface area contributed by atoms with Gasteiger partial charge in [0.1, 0.15) is 6.07 Å². The zero-order chi connectivity index (χ0) is 16.0. The molecule has 0 unspecified atom stereocenters. The van der Waals surface area contributed by atoms with Crippen molar-refractivity contribution in [2.24, 2.45) is 0 Å². The Labute approximate surface area is 132 Å². The molecule has 0 aromatic heterocycles. The molecule has 1 aromatic rings. The number of thioether (sulfide) groups is 1. The Morgan fingerprint density at radius 3 is 2.62 bits per heavy atom. The first-order valence-corrected chi connectivity index (χ1v) is 7.77. The number of nitriles is 1. The maximum atomic E-state index is 12.5. The lowest BCUT2D eigenvalue weighted by Crippen LogP contribution is -2.09. The fraction of sp³-hybridized carbons (Fsp3) is 0.385. The zero-order valence-corrected chi connectivity index (χ0v) is 13.4. The standard InChI is InChI=1S/C13H11BrF3NO2S/c1-2-20-11(19)5-8-3-9(6-14)12(10(4-8)7-18)21-13(15,16)17/h3-4H,2,5-6H2,1H3. The van der Waals surface area contributed by atoms with Crippen molar-refractivity contribution in [1.29, 1.82) is 5.26 Å². The molecule has 114 valence electrons. The summed E-state index contributed by atoms with van der Waals surface area (Å²) in [5.41, 5.74) is -3.82. The van der Waals surface area contributed by atoms with Gasteiger partial charge in [-0.3, -0.25) is 4.79 Å². The first kappa shape index (κ1) is 17.9. The van der Waals surface area contributed by atoms with Crippen molar-refractivity contribution in [3.63, 3.8) is 0 Å². The lowest BCUT2D eigenvalue weighted by atomic mass is 10.0. The normalized spacial score (nSPS) is 11.0. The van der Waals surface area contributed by atoms with E-state index in [9.17, 15) is 18.0 Å². The van der Waals surface area contributed by atoms with Crippen LogP contribution in [-0.2, 0) is 21.3 Å². The molecule has 0 amide bonds. The van der Waals surface area contributed by atoms with Gasteiger partial charge in [0.25, 0.3) is 0 Å². The smallest absolute Gasteiger partial charge is 0.446 e. The monoisotopic (exact) mass is 381 g/mol. The van der Waals surface area contributed by atoms with Crippen LogP contribution in [0.2, 0.25) is 0 Å². The highest BCUT2D eigenvalue weighted by atomic mass is 79.9. The average molecular weight is 382 g/mol. The maximum absolute atomic E-state index is 12.5. The molecule has 0 bridgehead atoms. The fourth-order valence-corrected chi connectivity index (χ4v) is 2.99. The Kier molecular flexibility index (Phi) is 6.55. The predicted octanol–water partition coefficient (Wildman–Crippen LogP) is 4.17. The predicted molar refractivity (Wildman–Crippen MR) is 76.0 cm³/mol. The van der Waals surface area contributed by atoms with E-state index >= 15 is 0 Å². The number of hydrogen-bond acceptors (Lipinski definition) is 4. The number of ether oxygens (including phenoxy) is 1. The van der Waals surface area contributed by atoms with E-state index in [1.807, 2.05) is 0 Å². The minimum Gasteiger partial charge on any atom is -0.466 e. The molecule has 0 saturated carbocycles. The molecule has 0 saturated heterocycles. The topological polar surface area (TPSA) is 50.1 Å². The summed E-state index contributed by atoms with van der Waals surface area (Å²) in [6, 6.07) is 4.51. The highest BCUT2D eigenvalue weighted by molar-refractivity contribution is 9.08. The summed E-state index contributed by atoms with van der Waals surface area (Å²) in [7, 11) is 0. The van der Waals surface area contributed by atoms with Crippen molar-refractivity contribution in [2.45, 2.75) is 29.1 Å². The number of esters is 1. The van der Waals surface area contributed by atoms with Crippen molar-refractivity contribution in [1.82, 2.24) is 0 Å². The van der Waals surface area contributed by atoms with Crippen LogP contribution in [0.25, 0.3) is 0 Å². The van der Waals surface area contributed by atoms with E-state index in [0.29, 0.717) is 11.1 Å². The van der Waals surface area contributed by atoms with Gasteiger partial charge in [-0.2, -0.15) is 18.4 Å². The largest absolute Gasteiger partial charge is 0.466 e. The molecule has 8 heteroatoms. The van der Waals surface area contributed by atoms with E-state index in [4.69, 9.17) is 10.00 Å². The quantitative estimate of drug-likeness (QED) is 0.436. The highest BCUT2D eigenvalue weighted by Gasteiger charge is 2.32.